The molecule has 0 aromatic rings. The van der Waals surface area contributed by atoms with Gasteiger partial charge in [-0.25, -0.2) is 0 Å². The van der Waals surface area contributed by atoms with Crippen molar-refractivity contribution in [2.45, 2.75) is 38.2 Å². The number of esters is 1. The zero-order valence-electron chi connectivity index (χ0n) is 8.82. The largest absolute Gasteiger partial charge is 0.461 e. The molecule has 3 saturated carbocycles. The Morgan fingerprint density at radius 1 is 1.20 bits per heavy atom. The summed E-state index contributed by atoms with van der Waals surface area (Å²) >= 11 is 5.48. The molecule has 5 atom stereocenters. The number of alkyl halides is 1. The van der Waals surface area contributed by atoms with Gasteiger partial charge in [-0.05, 0) is 49.9 Å². The number of carbonyl (C=O) groups excluding carboxylic acids is 1. The Bertz CT molecular complexity index is 279. The average molecular weight is 229 g/mol. The Morgan fingerprint density at radius 2 is 2.00 bits per heavy atom. The molecule has 15 heavy (non-hydrogen) atoms. The first kappa shape index (κ1) is 9.95. The molecule has 0 unspecified atom stereocenters. The third-order valence-corrected chi connectivity index (χ3v) is 4.98. The Balaban J connectivity index is 1.70. The predicted molar refractivity (Wildman–Crippen MR) is 57.6 cm³/mol. The van der Waals surface area contributed by atoms with Crippen LogP contribution in [0.3, 0.4) is 0 Å². The van der Waals surface area contributed by atoms with Crippen molar-refractivity contribution in [2.24, 2.45) is 23.7 Å². The molecule has 3 aliphatic carbocycles. The van der Waals surface area contributed by atoms with Crippen LogP contribution in [-0.4, -0.2) is 18.0 Å². The number of rotatable bonds is 2. The minimum Gasteiger partial charge on any atom is -0.461 e. The predicted octanol–water partition coefficient (Wildman–Crippen LogP) is 2.59. The van der Waals surface area contributed by atoms with E-state index in [1.807, 2.05) is 0 Å². The Hall–Kier alpha value is -0.240. The number of carbonyl (C=O) groups is 1. The average Bonchev–Trinajstić information content (AvgIpc) is 2.89. The zero-order chi connectivity index (χ0) is 10.4. The molecule has 0 saturated heterocycles. The molecule has 0 spiro atoms. The third kappa shape index (κ3) is 1.49. The summed E-state index contributed by atoms with van der Waals surface area (Å²) in [7, 11) is 0. The molecule has 84 valence electrons. The number of fused-ring (bicyclic) bond motifs is 5. The molecule has 3 heteroatoms. The van der Waals surface area contributed by atoms with E-state index in [-0.39, 0.29) is 18.0 Å². The second kappa shape index (κ2) is 3.65. The fourth-order valence-electron chi connectivity index (χ4n) is 4.35. The van der Waals surface area contributed by atoms with Crippen LogP contribution in [0.15, 0.2) is 0 Å². The molecular formula is C12H17ClO2. The van der Waals surface area contributed by atoms with Crippen molar-refractivity contribution < 1.29 is 9.53 Å². The Morgan fingerprint density at radius 3 is 2.80 bits per heavy atom. The number of hydrogen-bond acceptors (Lipinski definition) is 2. The van der Waals surface area contributed by atoms with Gasteiger partial charge in [0.05, 0.1) is 0 Å². The van der Waals surface area contributed by atoms with Crippen LogP contribution in [0, 0.1) is 23.7 Å². The molecule has 3 fully saturated rings. The monoisotopic (exact) mass is 228 g/mol. The Kier molecular flexibility index (Phi) is 2.42. The highest BCUT2D eigenvalue weighted by Crippen LogP contribution is 2.59. The maximum atomic E-state index is 11.2. The van der Waals surface area contributed by atoms with Crippen LogP contribution in [0.2, 0.25) is 0 Å². The fraction of sp³-hybridized carbons (Fsp3) is 0.917. The lowest BCUT2D eigenvalue weighted by molar-refractivity contribution is -0.148. The molecule has 3 rings (SSSR count). The highest BCUT2D eigenvalue weighted by molar-refractivity contribution is 6.26. The van der Waals surface area contributed by atoms with Crippen LogP contribution in [-0.2, 0) is 9.53 Å². The lowest BCUT2D eigenvalue weighted by Crippen LogP contribution is -2.29. The quantitative estimate of drug-likeness (QED) is 0.537. The summed E-state index contributed by atoms with van der Waals surface area (Å²) in [4.78, 5) is 11.2. The minimum atomic E-state index is -0.231. The molecule has 0 radical (unpaired) electrons. The molecule has 0 N–H and O–H groups in total. The lowest BCUT2D eigenvalue weighted by Gasteiger charge is -2.28. The van der Waals surface area contributed by atoms with Gasteiger partial charge in [-0.1, -0.05) is 0 Å². The lowest BCUT2D eigenvalue weighted by atomic mass is 9.81. The van der Waals surface area contributed by atoms with Gasteiger partial charge in [-0.15, -0.1) is 11.6 Å². The number of ether oxygens (including phenoxy) is 1. The molecular weight excluding hydrogens is 212 g/mol. The van der Waals surface area contributed by atoms with Crippen molar-refractivity contribution in [2.75, 3.05) is 5.88 Å². The molecule has 2 bridgehead atoms. The normalized spacial score (nSPS) is 46.9. The van der Waals surface area contributed by atoms with E-state index in [0.717, 1.165) is 24.2 Å². The summed E-state index contributed by atoms with van der Waals surface area (Å²) in [5, 5.41) is 0. The highest BCUT2D eigenvalue weighted by Gasteiger charge is 2.54. The van der Waals surface area contributed by atoms with Gasteiger partial charge in [-0.3, -0.25) is 4.79 Å². The number of halogens is 1. The van der Waals surface area contributed by atoms with E-state index in [1.165, 1.54) is 25.7 Å². The van der Waals surface area contributed by atoms with Crippen LogP contribution in [0.4, 0.5) is 0 Å². The van der Waals surface area contributed by atoms with Gasteiger partial charge in [0.25, 0.3) is 0 Å². The highest BCUT2D eigenvalue weighted by atomic mass is 35.5. The first-order valence-corrected chi connectivity index (χ1v) is 6.58. The first-order valence-electron chi connectivity index (χ1n) is 6.05. The summed E-state index contributed by atoms with van der Waals surface area (Å²) in [5.41, 5.74) is 0. The smallest absolute Gasteiger partial charge is 0.321 e. The van der Waals surface area contributed by atoms with Crippen LogP contribution >= 0.6 is 11.6 Å². The van der Waals surface area contributed by atoms with E-state index < -0.39 is 0 Å². The van der Waals surface area contributed by atoms with Crippen LogP contribution in [0.5, 0.6) is 0 Å². The molecule has 0 aromatic carbocycles. The van der Waals surface area contributed by atoms with E-state index in [1.54, 1.807) is 0 Å². The standard InChI is InChI=1S/C12H17ClO2/c13-6-11(14)15-10-4-3-9-7-1-2-8(5-7)12(9)10/h7-10,12H,1-6H2/t7-,8-,9+,10+,12-/m0/s1. The molecule has 2 nitrogen and oxygen atoms in total. The van der Waals surface area contributed by atoms with E-state index >= 15 is 0 Å². The summed E-state index contributed by atoms with van der Waals surface area (Å²) in [6.45, 7) is 0. The van der Waals surface area contributed by atoms with Gasteiger partial charge in [0.2, 0.25) is 0 Å². The van der Waals surface area contributed by atoms with Crippen LogP contribution in [0.1, 0.15) is 32.1 Å². The van der Waals surface area contributed by atoms with Gasteiger partial charge in [0.15, 0.2) is 0 Å². The van der Waals surface area contributed by atoms with Gasteiger partial charge in [0, 0.05) is 5.92 Å². The van der Waals surface area contributed by atoms with E-state index in [9.17, 15) is 4.79 Å². The van der Waals surface area contributed by atoms with Crippen molar-refractivity contribution in [3.8, 4) is 0 Å². The summed E-state index contributed by atoms with van der Waals surface area (Å²) < 4.78 is 5.46. The van der Waals surface area contributed by atoms with Crippen molar-refractivity contribution >= 4 is 17.6 Å². The van der Waals surface area contributed by atoms with Gasteiger partial charge in [-0.2, -0.15) is 0 Å². The first-order chi connectivity index (χ1) is 7.29. The van der Waals surface area contributed by atoms with E-state index in [0.29, 0.717) is 5.92 Å². The van der Waals surface area contributed by atoms with Gasteiger partial charge < -0.3 is 4.74 Å². The zero-order valence-corrected chi connectivity index (χ0v) is 9.58. The van der Waals surface area contributed by atoms with E-state index in [2.05, 4.69) is 0 Å². The molecule has 0 aromatic heterocycles. The topological polar surface area (TPSA) is 26.3 Å². The van der Waals surface area contributed by atoms with Crippen molar-refractivity contribution in [3.63, 3.8) is 0 Å². The SMILES string of the molecule is O=C(CCl)O[C@@H]1CC[C@@H]2[C@H]3CC[C@@H](C3)[C@@H]21. The van der Waals surface area contributed by atoms with E-state index in [4.69, 9.17) is 16.3 Å². The Labute approximate surface area is 95.3 Å². The summed E-state index contributed by atoms with van der Waals surface area (Å²) in [5.74, 6) is 3.09. The van der Waals surface area contributed by atoms with Crippen molar-refractivity contribution in [1.29, 1.82) is 0 Å². The van der Waals surface area contributed by atoms with Gasteiger partial charge in [0.1, 0.15) is 12.0 Å². The van der Waals surface area contributed by atoms with Crippen molar-refractivity contribution in [3.05, 3.63) is 0 Å². The van der Waals surface area contributed by atoms with Crippen LogP contribution < -0.4 is 0 Å². The summed E-state index contributed by atoms with van der Waals surface area (Å²) in [6, 6.07) is 0. The second-order valence-corrected chi connectivity index (χ2v) is 5.58. The van der Waals surface area contributed by atoms with Crippen LogP contribution in [0.25, 0.3) is 0 Å². The molecule has 0 heterocycles. The van der Waals surface area contributed by atoms with Gasteiger partial charge >= 0.3 is 5.97 Å². The maximum absolute atomic E-state index is 11.2. The third-order valence-electron chi connectivity index (χ3n) is 4.76. The fourth-order valence-corrected chi connectivity index (χ4v) is 4.41. The molecule has 3 aliphatic rings. The minimum absolute atomic E-state index is 0.00197. The van der Waals surface area contributed by atoms with Crippen molar-refractivity contribution in [1.82, 2.24) is 0 Å². The molecule has 0 amide bonds. The summed E-state index contributed by atoms with van der Waals surface area (Å²) in [6.07, 6.45) is 6.71. The number of hydrogen-bond donors (Lipinski definition) is 0. The maximum Gasteiger partial charge on any atom is 0.321 e. The molecule has 0 aliphatic heterocycles. The second-order valence-electron chi connectivity index (χ2n) is 5.31.